The Morgan fingerprint density at radius 2 is 2.24 bits per heavy atom. The van der Waals surface area contributed by atoms with Gasteiger partial charge in [-0.05, 0) is 51.3 Å². The first-order valence-corrected chi connectivity index (χ1v) is 7.68. The Hall–Kier alpha value is 0.0200. The van der Waals surface area contributed by atoms with E-state index < -0.39 is 5.54 Å². The third-order valence-corrected chi connectivity index (χ3v) is 5.33. The number of nitrogens with one attached hydrogen (secondary N) is 1. The Kier molecular flexibility index (Phi) is 5.12. The van der Waals surface area contributed by atoms with Gasteiger partial charge < -0.3 is 11.1 Å². The first-order valence-electron chi connectivity index (χ1n) is 4.87. The molecule has 0 bridgehead atoms. The molecule has 0 aliphatic carbocycles. The molecule has 0 aliphatic heterocycles. The normalized spacial score (nSPS) is 14.1. The zero-order valence-electron chi connectivity index (χ0n) is 9.34. The minimum atomic E-state index is -0.653. The maximum atomic E-state index is 12.1. The van der Waals surface area contributed by atoms with Crippen LogP contribution in [0.5, 0.6) is 0 Å². The third-order valence-electron chi connectivity index (χ3n) is 2.54. The Morgan fingerprint density at radius 1 is 1.65 bits per heavy atom. The van der Waals surface area contributed by atoms with Crippen LogP contribution in [0.2, 0.25) is 0 Å². The molecular weight excluding hydrogens is 388 g/mol. The second-order valence-electron chi connectivity index (χ2n) is 3.74. The largest absolute Gasteiger partial charge is 0.391 e. The summed E-state index contributed by atoms with van der Waals surface area (Å²) in [5.74, 6) is -0.184. The molecule has 7 heteroatoms. The summed E-state index contributed by atoms with van der Waals surface area (Å²) in [5, 5.41) is 2.86. The van der Waals surface area contributed by atoms with Crippen LogP contribution in [0.4, 0.5) is 0 Å². The lowest BCUT2D eigenvalue weighted by Gasteiger charge is -2.28. The summed E-state index contributed by atoms with van der Waals surface area (Å²) in [6.45, 7) is 3.75. The van der Waals surface area contributed by atoms with E-state index in [0.29, 0.717) is 17.0 Å². The highest BCUT2D eigenvalue weighted by Gasteiger charge is 2.29. The van der Waals surface area contributed by atoms with Crippen LogP contribution in [0.15, 0.2) is 13.6 Å². The second-order valence-corrected chi connectivity index (χ2v) is 7.93. The Morgan fingerprint density at radius 3 is 2.59 bits per heavy atom. The summed E-state index contributed by atoms with van der Waals surface area (Å²) in [5.41, 5.74) is 5.58. The predicted octanol–water partition coefficient (Wildman–Crippen LogP) is 3.46. The predicted molar refractivity (Wildman–Crippen MR) is 82.7 cm³/mol. The average molecular weight is 400 g/mol. The molecular formula is C10H12Br2N2OS2. The van der Waals surface area contributed by atoms with Crippen molar-refractivity contribution in [3.8, 4) is 0 Å². The summed E-state index contributed by atoms with van der Waals surface area (Å²) in [4.78, 5) is 12.4. The number of carbonyl (C=O) groups excluding carboxylic acids is 1. The highest BCUT2D eigenvalue weighted by Crippen LogP contribution is 2.32. The number of thiocarbonyl (C=S) groups is 1. The van der Waals surface area contributed by atoms with Gasteiger partial charge >= 0.3 is 0 Å². The van der Waals surface area contributed by atoms with Gasteiger partial charge in [-0.15, -0.1) is 11.3 Å². The average Bonchev–Trinajstić information content (AvgIpc) is 2.57. The van der Waals surface area contributed by atoms with Crippen LogP contribution in [-0.4, -0.2) is 16.4 Å². The minimum Gasteiger partial charge on any atom is -0.391 e. The first-order chi connectivity index (χ1) is 7.80. The number of rotatable bonds is 4. The monoisotopic (exact) mass is 398 g/mol. The van der Waals surface area contributed by atoms with Gasteiger partial charge in [0.1, 0.15) is 0 Å². The molecule has 0 saturated carbocycles. The molecule has 0 fully saturated rings. The molecule has 0 radical (unpaired) electrons. The fourth-order valence-corrected chi connectivity index (χ4v) is 4.13. The first kappa shape index (κ1) is 15.1. The smallest absolute Gasteiger partial charge is 0.254 e. The van der Waals surface area contributed by atoms with E-state index in [0.717, 1.165) is 7.57 Å². The summed E-state index contributed by atoms with van der Waals surface area (Å²) >= 11 is 13.1. The van der Waals surface area contributed by atoms with Crippen LogP contribution in [-0.2, 0) is 0 Å². The molecule has 0 aliphatic rings. The van der Waals surface area contributed by atoms with Gasteiger partial charge in [-0.2, -0.15) is 0 Å². The number of hydrogen-bond acceptors (Lipinski definition) is 3. The molecule has 1 heterocycles. The third kappa shape index (κ3) is 3.49. The lowest BCUT2D eigenvalue weighted by Crippen LogP contribution is -2.54. The molecule has 1 aromatic heterocycles. The molecule has 94 valence electrons. The van der Waals surface area contributed by atoms with Gasteiger partial charge in [-0.3, -0.25) is 4.79 Å². The molecule has 0 spiro atoms. The molecule has 17 heavy (non-hydrogen) atoms. The van der Waals surface area contributed by atoms with Gasteiger partial charge in [0.2, 0.25) is 0 Å². The Labute approximate surface area is 126 Å². The van der Waals surface area contributed by atoms with E-state index in [2.05, 4.69) is 37.2 Å². The number of halogens is 2. The number of thiophene rings is 1. The van der Waals surface area contributed by atoms with Gasteiger partial charge in [0.05, 0.1) is 23.7 Å². The van der Waals surface area contributed by atoms with E-state index in [1.165, 1.54) is 11.3 Å². The maximum absolute atomic E-state index is 12.1. The van der Waals surface area contributed by atoms with E-state index in [9.17, 15) is 4.79 Å². The minimum absolute atomic E-state index is 0.184. The molecule has 1 amide bonds. The molecule has 0 saturated heterocycles. The van der Waals surface area contributed by atoms with Crippen LogP contribution in [0, 0.1) is 0 Å². The zero-order chi connectivity index (χ0) is 13.2. The van der Waals surface area contributed by atoms with E-state index in [1.54, 1.807) is 6.07 Å². The zero-order valence-corrected chi connectivity index (χ0v) is 14.1. The van der Waals surface area contributed by atoms with Gasteiger partial charge in [0, 0.05) is 0 Å². The van der Waals surface area contributed by atoms with Crippen LogP contribution in [0.1, 0.15) is 30.6 Å². The van der Waals surface area contributed by atoms with Crippen molar-refractivity contribution in [3.05, 3.63) is 19.2 Å². The van der Waals surface area contributed by atoms with Gasteiger partial charge in [-0.1, -0.05) is 19.1 Å². The molecule has 1 atom stereocenters. The summed E-state index contributed by atoms with van der Waals surface area (Å²) in [7, 11) is 0. The van der Waals surface area contributed by atoms with Crippen LogP contribution < -0.4 is 11.1 Å². The highest BCUT2D eigenvalue weighted by atomic mass is 79.9. The molecule has 1 aromatic rings. The van der Waals surface area contributed by atoms with Crippen molar-refractivity contribution in [2.45, 2.75) is 25.8 Å². The summed E-state index contributed by atoms with van der Waals surface area (Å²) in [6, 6.07) is 1.76. The molecule has 0 aromatic carbocycles. The van der Waals surface area contributed by atoms with Gasteiger partial charge in [0.15, 0.2) is 0 Å². The lowest BCUT2D eigenvalue weighted by molar-refractivity contribution is 0.0926. The number of carbonyl (C=O) groups is 1. The molecule has 1 rings (SSSR count). The summed E-state index contributed by atoms with van der Waals surface area (Å²) in [6.07, 6.45) is 0.650. The molecule has 3 nitrogen and oxygen atoms in total. The highest BCUT2D eigenvalue weighted by molar-refractivity contribution is 9.12. The van der Waals surface area contributed by atoms with E-state index in [4.69, 9.17) is 18.0 Å². The fourth-order valence-electron chi connectivity index (χ4n) is 1.14. The van der Waals surface area contributed by atoms with Crippen molar-refractivity contribution in [1.82, 2.24) is 5.32 Å². The topological polar surface area (TPSA) is 55.1 Å². The van der Waals surface area contributed by atoms with Crippen LogP contribution in [0.3, 0.4) is 0 Å². The van der Waals surface area contributed by atoms with Crippen LogP contribution in [0.25, 0.3) is 0 Å². The standard InChI is InChI=1S/C10H12Br2N2OS2/c1-3-10(2,9(13)16)14-8(15)5-4-6(11)17-7(5)12/h4H,3H2,1-2H3,(H2,13,16)(H,14,15). The quantitative estimate of drug-likeness (QED) is 0.762. The van der Waals surface area contributed by atoms with Gasteiger partial charge in [0.25, 0.3) is 5.91 Å². The Balaban J connectivity index is 2.93. The second kappa shape index (κ2) is 5.77. The van der Waals surface area contributed by atoms with Crippen molar-refractivity contribution < 1.29 is 4.79 Å². The van der Waals surface area contributed by atoms with E-state index in [1.807, 2.05) is 13.8 Å². The van der Waals surface area contributed by atoms with Crippen molar-refractivity contribution in [3.63, 3.8) is 0 Å². The van der Waals surface area contributed by atoms with Crippen molar-refractivity contribution >= 4 is 66.3 Å². The van der Waals surface area contributed by atoms with Crippen molar-refractivity contribution in [1.29, 1.82) is 0 Å². The maximum Gasteiger partial charge on any atom is 0.254 e. The fraction of sp³-hybridized carbons (Fsp3) is 0.400. The lowest BCUT2D eigenvalue weighted by atomic mass is 9.98. The number of nitrogens with two attached hydrogens (primary N) is 1. The SMILES string of the molecule is CCC(C)(NC(=O)c1cc(Br)sc1Br)C(N)=S. The van der Waals surface area contributed by atoms with Crippen molar-refractivity contribution in [2.24, 2.45) is 5.73 Å². The number of amides is 1. The summed E-state index contributed by atoms with van der Waals surface area (Å²) < 4.78 is 1.67. The van der Waals surface area contributed by atoms with E-state index in [-0.39, 0.29) is 5.91 Å². The molecule has 3 N–H and O–H groups in total. The van der Waals surface area contributed by atoms with E-state index >= 15 is 0 Å². The van der Waals surface area contributed by atoms with Crippen molar-refractivity contribution in [2.75, 3.05) is 0 Å². The molecule has 1 unspecified atom stereocenters. The Bertz CT molecular complexity index is 461. The van der Waals surface area contributed by atoms with Crippen LogP contribution >= 0.6 is 55.4 Å². The van der Waals surface area contributed by atoms with Gasteiger partial charge in [-0.25, -0.2) is 0 Å². The number of hydrogen-bond donors (Lipinski definition) is 2.